The number of hydrogen-bond donors (Lipinski definition) is 1. The normalized spacial score (nSPS) is 27.4. The summed E-state index contributed by atoms with van der Waals surface area (Å²) < 4.78 is 16.4. The van der Waals surface area contributed by atoms with Gasteiger partial charge < -0.3 is 19.5 Å². The Kier molecular flexibility index (Phi) is 5.55. The van der Waals surface area contributed by atoms with Crippen molar-refractivity contribution in [3.8, 4) is 0 Å². The van der Waals surface area contributed by atoms with Crippen LogP contribution in [0, 0.1) is 0 Å². The van der Waals surface area contributed by atoms with Crippen molar-refractivity contribution in [1.82, 2.24) is 5.32 Å². The molecule has 2 aliphatic rings. The maximum Gasteiger partial charge on any atom is 0.0620 e. The fraction of sp³-hybridized carbons (Fsp3) is 1.00. The van der Waals surface area contributed by atoms with Crippen LogP contribution in [0.15, 0.2) is 0 Å². The van der Waals surface area contributed by atoms with Gasteiger partial charge in [0.1, 0.15) is 0 Å². The molecule has 2 saturated heterocycles. The van der Waals surface area contributed by atoms with Crippen molar-refractivity contribution < 1.29 is 14.2 Å². The molecule has 1 atom stereocenters. The summed E-state index contributed by atoms with van der Waals surface area (Å²) in [7, 11) is 0. The first kappa shape index (κ1) is 12.3. The van der Waals surface area contributed by atoms with Crippen LogP contribution in [0.2, 0.25) is 0 Å². The predicted octanol–water partition coefficient (Wildman–Crippen LogP) is 0.951. The van der Waals surface area contributed by atoms with Gasteiger partial charge in [-0.2, -0.15) is 0 Å². The van der Waals surface area contributed by atoms with E-state index < -0.39 is 0 Å². The molecule has 0 aromatic carbocycles. The number of hydrogen-bond acceptors (Lipinski definition) is 4. The molecule has 0 spiro atoms. The van der Waals surface area contributed by atoms with Crippen molar-refractivity contribution in [1.29, 1.82) is 0 Å². The molecule has 94 valence electrons. The minimum Gasteiger partial charge on any atom is -0.381 e. The molecule has 2 rings (SSSR count). The topological polar surface area (TPSA) is 39.7 Å². The Balaban J connectivity index is 1.42. The van der Waals surface area contributed by atoms with Crippen LogP contribution < -0.4 is 5.32 Å². The van der Waals surface area contributed by atoms with E-state index in [-0.39, 0.29) is 0 Å². The molecule has 4 heteroatoms. The van der Waals surface area contributed by atoms with Crippen LogP contribution in [0.1, 0.15) is 25.7 Å². The fourth-order valence-corrected chi connectivity index (χ4v) is 2.17. The summed E-state index contributed by atoms with van der Waals surface area (Å²) in [5.74, 6) is 0. The molecular formula is C12H23NO3. The molecular weight excluding hydrogens is 206 g/mol. The molecule has 0 aliphatic carbocycles. The van der Waals surface area contributed by atoms with E-state index in [0.29, 0.717) is 12.1 Å². The number of rotatable bonds is 6. The van der Waals surface area contributed by atoms with Gasteiger partial charge in [-0.1, -0.05) is 0 Å². The van der Waals surface area contributed by atoms with Crippen LogP contribution >= 0.6 is 0 Å². The second kappa shape index (κ2) is 7.22. The van der Waals surface area contributed by atoms with Crippen molar-refractivity contribution >= 4 is 0 Å². The Morgan fingerprint density at radius 3 is 2.62 bits per heavy atom. The quantitative estimate of drug-likeness (QED) is 0.688. The second-order valence-corrected chi connectivity index (χ2v) is 4.55. The first-order chi connectivity index (χ1) is 7.95. The van der Waals surface area contributed by atoms with E-state index in [9.17, 15) is 0 Å². The zero-order chi connectivity index (χ0) is 11.1. The molecule has 2 fully saturated rings. The van der Waals surface area contributed by atoms with Crippen molar-refractivity contribution in [3.05, 3.63) is 0 Å². The summed E-state index contributed by atoms with van der Waals surface area (Å²) >= 11 is 0. The molecule has 16 heavy (non-hydrogen) atoms. The van der Waals surface area contributed by atoms with Crippen LogP contribution in [0.5, 0.6) is 0 Å². The Bertz CT molecular complexity index is 177. The molecule has 0 aromatic heterocycles. The third-order valence-corrected chi connectivity index (χ3v) is 3.21. The van der Waals surface area contributed by atoms with Crippen LogP contribution in [-0.2, 0) is 14.2 Å². The molecule has 2 aliphatic heterocycles. The van der Waals surface area contributed by atoms with E-state index in [1.165, 1.54) is 0 Å². The second-order valence-electron chi connectivity index (χ2n) is 4.55. The SMILES string of the molecule is C(CNC1CCOC1)COC1CCOCC1. The Morgan fingerprint density at radius 2 is 1.88 bits per heavy atom. The predicted molar refractivity (Wildman–Crippen MR) is 61.6 cm³/mol. The number of nitrogens with one attached hydrogen (secondary N) is 1. The molecule has 0 bridgehead atoms. The average molecular weight is 229 g/mol. The third-order valence-electron chi connectivity index (χ3n) is 3.21. The number of ether oxygens (including phenoxy) is 3. The van der Waals surface area contributed by atoms with E-state index in [2.05, 4.69) is 5.32 Å². The van der Waals surface area contributed by atoms with Crippen molar-refractivity contribution in [3.63, 3.8) is 0 Å². The molecule has 1 N–H and O–H groups in total. The smallest absolute Gasteiger partial charge is 0.0620 e. The van der Waals surface area contributed by atoms with Gasteiger partial charge in [0, 0.05) is 32.5 Å². The molecule has 2 heterocycles. The molecule has 4 nitrogen and oxygen atoms in total. The van der Waals surface area contributed by atoms with Crippen molar-refractivity contribution in [2.45, 2.75) is 37.8 Å². The van der Waals surface area contributed by atoms with E-state index in [4.69, 9.17) is 14.2 Å². The Morgan fingerprint density at radius 1 is 1.06 bits per heavy atom. The molecule has 0 saturated carbocycles. The first-order valence-corrected chi connectivity index (χ1v) is 6.45. The van der Waals surface area contributed by atoms with E-state index in [0.717, 1.165) is 65.3 Å². The van der Waals surface area contributed by atoms with Crippen LogP contribution in [0.4, 0.5) is 0 Å². The molecule has 1 unspecified atom stereocenters. The zero-order valence-electron chi connectivity index (χ0n) is 9.95. The van der Waals surface area contributed by atoms with E-state index in [1.54, 1.807) is 0 Å². The van der Waals surface area contributed by atoms with Gasteiger partial charge in [-0.05, 0) is 32.2 Å². The van der Waals surface area contributed by atoms with Crippen molar-refractivity contribution in [2.75, 3.05) is 39.6 Å². The van der Waals surface area contributed by atoms with Crippen LogP contribution in [-0.4, -0.2) is 51.7 Å². The van der Waals surface area contributed by atoms with Gasteiger partial charge in [-0.3, -0.25) is 0 Å². The monoisotopic (exact) mass is 229 g/mol. The third kappa shape index (κ3) is 4.37. The minimum atomic E-state index is 0.434. The van der Waals surface area contributed by atoms with Gasteiger partial charge >= 0.3 is 0 Å². The highest BCUT2D eigenvalue weighted by Crippen LogP contribution is 2.10. The van der Waals surface area contributed by atoms with Crippen molar-refractivity contribution in [2.24, 2.45) is 0 Å². The average Bonchev–Trinajstić information content (AvgIpc) is 2.83. The fourth-order valence-electron chi connectivity index (χ4n) is 2.17. The van der Waals surface area contributed by atoms with Gasteiger partial charge in [0.15, 0.2) is 0 Å². The van der Waals surface area contributed by atoms with E-state index >= 15 is 0 Å². The highest BCUT2D eigenvalue weighted by atomic mass is 16.5. The van der Waals surface area contributed by atoms with Crippen LogP contribution in [0.3, 0.4) is 0 Å². The molecule has 0 amide bonds. The summed E-state index contributed by atoms with van der Waals surface area (Å²) in [6.07, 6.45) is 4.80. The van der Waals surface area contributed by atoms with Gasteiger partial charge in [-0.15, -0.1) is 0 Å². The summed E-state index contributed by atoms with van der Waals surface area (Å²) in [5, 5.41) is 3.49. The maximum absolute atomic E-state index is 5.80. The standard InChI is InChI=1S/C12H23NO3/c1(5-13-11-2-7-15-10-11)6-16-12-3-8-14-9-4-12/h11-13H,1-10H2. The van der Waals surface area contributed by atoms with E-state index in [1.807, 2.05) is 0 Å². The molecule has 0 aromatic rings. The summed E-state index contributed by atoms with van der Waals surface area (Å²) in [6.45, 7) is 5.42. The van der Waals surface area contributed by atoms with Crippen LogP contribution in [0.25, 0.3) is 0 Å². The lowest BCUT2D eigenvalue weighted by atomic mass is 10.1. The van der Waals surface area contributed by atoms with Gasteiger partial charge in [0.05, 0.1) is 12.7 Å². The highest BCUT2D eigenvalue weighted by molar-refractivity contribution is 4.70. The summed E-state index contributed by atoms with van der Waals surface area (Å²) in [4.78, 5) is 0. The molecule has 0 radical (unpaired) electrons. The van der Waals surface area contributed by atoms with Gasteiger partial charge in [-0.25, -0.2) is 0 Å². The Labute approximate surface area is 97.6 Å². The lowest BCUT2D eigenvalue weighted by Crippen LogP contribution is -2.31. The van der Waals surface area contributed by atoms with Gasteiger partial charge in [0.25, 0.3) is 0 Å². The lowest BCUT2D eigenvalue weighted by molar-refractivity contribution is -0.0322. The maximum atomic E-state index is 5.80. The lowest BCUT2D eigenvalue weighted by Gasteiger charge is -2.22. The first-order valence-electron chi connectivity index (χ1n) is 6.45. The van der Waals surface area contributed by atoms with Gasteiger partial charge in [0.2, 0.25) is 0 Å². The highest BCUT2D eigenvalue weighted by Gasteiger charge is 2.15. The Hall–Kier alpha value is -0.160. The zero-order valence-corrected chi connectivity index (χ0v) is 9.95. The minimum absolute atomic E-state index is 0.434. The largest absolute Gasteiger partial charge is 0.381 e. The summed E-state index contributed by atoms with van der Waals surface area (Å²) in [5.41, 5.74) is 0. The summed E-state index contributed by atoms with van der Waals surface area (Å²) in [6, 6.07) is 0.572.